The van der Waals surface area contributed by atoms with Crippen LogP contribution in [0.5, 0.6) is 0 Å². The molecule has 12 heavy (non-hydrogen) atoms. The number of hydrogen-bond donors (Lipinski definition) is 0. The van der Waals surface area contributed by atoms with E-state index in [1.807, 2.05) is 0 Å². The van der Waals surface area contributed by atoms with Crippen LogP contribution in [-0.2, 0) is 0 Å². The van der Waals surface area contributed by atoms with Crippen molar-refractivity contribution >= 4 is 33.8 Å². The van der Waals surface area contributed by atoms with Crippen LogP contribution in [0.25, 0.3) is 0 Å². The van der Waals surface area contributed by atoms with E-state index in [0.717, 1.165) is 0 Å². The molecule has 0 spiro atoms. The second kappa shape index (κ2) is 3.60. The Labute approximate surface area is 79.1 Å². The first-order chi connectivity index (χ1) is 5.61. The van der Waals surface area contributed by atoms with Crippen LogP contribution in [0.4, 0.5) is 5.69 Å². The molecule has 3 nitrogen and oxygen atoms in total. The van der Waals surface area contributed by atoms with Gasteiger partial charge in [-0.25, -0.2) is 0 Å². The van der Waals surface area contributed by atoms with E-state index >= 15 is 0 Å². The van der Waals surface area contributed by atoms with Crippen LogP contribution in [0.3, 0.4) is 0 Å². The maximum absolute atomic E-state index is 10.2. The average molecular weight is 202 g/mol. The molecule has 1 rings (SSSR count). The van der Waals surface area contributed by atoms with Gasteiger partial charge in [-0.1, -0.05) is 23.8 Å². The first-order valence-corrected chi connectivity index (χ1v) is 3.84. The molecule has 0 aliphatic carbocycles. The predicted octanol–water partition coefficient (Wildman–Crippen LogP) is 2.51. The van der Waals surface area contributed by atoms with Gasteiger partial charge in [-0.3, -0.25) is 10.1 Å². The Hall–Kier alpha value is -1.00. The molecular formula is C7H4ClNO2S. The zero-order chi connectivity index (χ0) is 9.14. The highest BCUT2D eigenvalue weighted by Crippen LogP contribution is 2.13. The van der Waals surface area contributed by atoms with Crippen LogP contribution in [0, 0.1) is 10.1 Å². The number of thiocarbonyl (C=S) groups is 1. The summed E-state index contributed by atoms with van der Waals surface area (Å²) in [4.78, 5) is 9.75. The van der Waals surface area contributed by atoms with Crippen molar-refractivity contribution in [2.24, 2.45) is 0 Å². The maximum atomic E-state index is 10.2. The quantitative estimate of drug-likeness (QED) is 0.320. The normalized spacial score (nSPS) is 9.42. The third kappa shape index (κ3) is 1.99. The summed E-state index contributed by atoms with van der Waals surface area (Å²) in [5.41, 5.74) is 0.656. The van der Waals surface area contributed by atoms with Gasteiger partial charge < -0.3 is 0 Å². The molecule has 0 N–H and O–H groups in total. The molecule has 5 heteroatoms. The molecule has 0 saturated carbocycles. The van der Waals surface area contributed by atoms with Crippen molar-refractivity contribution in [3.8, 4) is 0 Å². The second-order valence-corrected chi connectivity index (χ2v) is 3.09. The molecule has 0 atom stereocenters. The molecule has 62 valence electrons. The molecule has 0 amide bonds. The van der Waals surface area contributed by atoms with Crippen LogP contribution < -0.4 is 0 Å². The van der Waals surface area contributed by atoms with E-state index in [-0.39, 0.29) is 10.0 Å². The molecule has 0 aliphatic heterocycles. The third-order valence-electron chi connectivity index (χ3n) is 1.31. The van der Waals surface area contributed by atoms with Crippen LogP contribution in [-0.4, -0.2) is 9.25 Å². The molecule has 0 bridgehead atoms. The fourth-order valence-electron chi connectivity index (χ4n) is 0.714. The maximum Gasteiger partial charge on any atom is 0.269 e. The molecule has 0 saturated heterocycles. The summed E-state index contributed by atoms with van der Waals surface area (Å²) in [7, 11) is 0. The molecule has 1 aromatic rings. The molecule has 0 aliphatic rings. The lowest BCUT2D eigenvalue weighted by molar-refractivity contribution is -0.384. The zero-order valence-electron chi connectivity index (χ0n) is 5.86. The third-order valence-corrected chi connectivity index (χ3v) is 1.76. The van der Waals surface area contributed by atoms with Crippen molar-refractivity contribution in [1.29, 1.82) is 0 Å². The van der Waals surface area contributed by atoms with Gasteiger partial charge in [0.1, 0.15) is 4.32 Å². The lowest BCUT2D eigenvalue weighted by atomic mass is 10.2. The van der Waals surface area contributed by atoms with Crippen molar-refractivity contribution in [3.05, 3.63) is 39.9 Å². The van der Waals surface area contributed by atoms with E-state index in [1.54, 1.807) is 0 Å². The summed E-state index contributed by atoms with van der Waals surface area (Å²) in [6, 6.07) is 5.77. The van der Waals surface area contributed by atoms with Crippen LogP contribution in [0.2, 0.25) is 0 Å². The minimum atomic E-state index is -0.471. The van der Waals surface area contributed by atoms with Crippen molar-refractivity contribution in [1.82, 2.24) is 0 Å². The summed E-state index contributed by atoms with van der Waals surface area (Å²) in [5.74, 6) is 0. The van der Waals surface area contributed by atoms with Crippen molar-refractivity contribution in [2.45, 2.75) is 0 Å². The number of nitro groups is 1. The van der Waals surface area contributed by atoms with Gasteiger partial charge in [0.25, 0.3) is 5.69 Å². The molecule has 1 aromatic carbocycles. The minimum absolute atomic E-state index is 0.0340. The van der Waals surface area contributed by atoms with Gasteiger partial charge in [0.15, 0.2) is 0 Å². The van der Waals surface area contributed by atoms with Crippen molar-refractivity contribution in [2.75, 3.05) is 0 Å². The van der Waals surface area contributed by atoms with E-state index in [4.69, 9.17) is 11.6 Å². The summed E-state index contributed by atoms with van der Waals surface area (Å²) in [5, 5.41) is 10.2. The Morgan fingerprint density at radius 2 is 1.92 bits per heavy atom. The Morgan fingerprint density at radius 3 is 2.25 bits per heavy atom. The zero-order valence-corrected chi connectivity index (χ0v) is 7.43. The summed E-state index contributed by atoms with van der Waals surface area (Å²) >= 11 is 10.2. The van der Waals surface area contributed by atoms with Gasteiger partial charge in [0, 0.05) is 17.7 Å². The summed E-state index contributed by atoms with van der Waals surface area (Å²) < 4.78 is 0.213. The number of nitrogens with zero attached hydrogens (tertiary/aromatic N) is 1. The summed E-state index contributed by atoms with van der Waals surface area (Å²) in [6.45, 7) is 0. The number of halogens is 1. The Balaban J connectivity index is 3.01. The molecule has 0 radical (unpaired) electrons. The van der Waals surface area contributed by atoms with E-state index < -0.39 is 4.92 Å². The standard InChI is InChI=1S/C7H4ClNO2S/c8-7(12)5-1-3-6(4-2-5)9(10)11/h1-4H. The number of rotatable bonds is 2. The smallest absolute Gasteiger partial charge is 0.258 e. The monoisotopic (exact) mass is 201 g/mol. The van der Waals surface area contributed by atoms with Crippen molar-refractivity contribution in [3.63, 3.8) is 0 Å². The van der Waals surface area contributed by atoms with Gasteiger partial charge in [0.2, 0.25) is 0 Å². The predicted molar refractivity (Wildman–Crippen MR) is 50.6 cm³/mol. The average Bonchev–Trinajstić information content (AvgIpc) is 2.04. The highest BCUT2D eigenvalue weighted by atomic mass is 35.5. The highest BCUT2D eigenvalue weighted by Gasteiger charge is 2.04. The van der Waals surface area contributed by atoms with Gasteiger partial charge >= 0.3 is 0 Å². The SMILES string of the molecule is O=[N+]([O-])c1ccc(C(=S)Cl)cc1. The number of non-ortho nitro benzene ring substituents is 1. The topological polar surface area (TPSA) is 43.1 Å². The number of hydrogen-bond acceptors (Lipinski definition) is 3. The van der Waals surface area contributed by atoms with Crippen LogP contribution in [0.1, 0.15) is 5.56 Å². The first kappa shape index (κ1) is 9.09. The molecule has 0 fully saturated rings. The van der Waals surface area contributed by atoms with E-state index in [1.165, 1.54) is 24.3 Å². The van der Waals surface area contributed by atoms with E-state index in [2.05, 4.69) is 12.2 Å². The number of nitro benzene ring substituents is 1. The largest absolute Gasteiger partial charge is 0.269 e. The molecule has 0 unspecified atom stereocenters. The lowest BCUT2D eigenvalue weighted by Gasteiger charge is -1.94. The Bertz CT molecular complexity index is 290. The van der Waals surface area contributed by atoms with Crippen molar-refractivity contribution < 1.29 is 4.92 Å². The van der Waals surface area contributed by atoms with E-state index in [0.29, 0.717) is 5.56 Å². The van der Waals surface area contributed by atoms with Gasteiger partial charge in [-0.2, -0.15) is 0 Å². The summed E-state index contributed by atoms with van der Waals surface area (Å²) in [6.07, 6.45) is 0. The molecule has 0 heterocycles. The molecule has 0 aromatic heterocycles. The fourth-order valence-corrected chi connectivity index (χ4v) is 0.976. The van der Waals surface area contributed by atoms with Crippen LogP contribution >= 0.6 is 23.8 Å². The first-order valence-electron chi connectivity index (χ1n) is 3.05. The molecular weight excluding hydrogens is 198 g/mol. The van der Waals surface area contributed by atoms with Gasteiger partial charge in [-0.05, 0) is 12.1 Å². The second-order valence-electron chi connectivity index (χ2n) is 2.08. The van der Waals surface area contributed by atoms with Crippen LogP contribution in [0.15, 0.2) is 24.3 Å². The van der Waals surface area contributed by atoms with Gasteiger partial charge in [-0.15, -0.1) is 0 Å². The fraction of sp³-hybridized carbons (Fsp3) is 0. The van der Waals surface area contributed by atoms with Gasteiger partial charge in [0.05, 0.1) is 4.92 Å². The Kier molecular flexibility index (Phi) is 2.73. The number of benzene rings is 1. The Morgan fingerprint density at radius 1 is 1.42 bits per heavy atom. The minimum Gasteiger partial charge on any atom is -0.258 e. The van der Waals surface area contributed by atoms with E-state index in [9.17, 15) is 10.1 Å². The highest BCUT2D eigenvalue weighted by molar-refractivity contribution is 7.83. The lowest BCUT2D eigenvalue weighted by Crippen LogP contribution is -1.90.